The molecule has 0 saturated heterocycles. The van der Waals surface area contributed by atoms with Gasteiger partial charge in [0.25, 0.3) is 5.91 Å². The first-order chi connectivity index (χ1) is 10.1. The number of amides is 1. The van der Waals surface area contributed by atoms with E-state index in [1.807, 2.05) is 11.6 Å². The summed E-state index contributed by atoms with van der Waals surface area (Å²) in [4.78, 5) is 20.4. The van der Waals surface area contributed by atoms with Gasteiger partial charge < -0.3 is 5.32 Å². The van der Waals surface area contributed by atoms with E-state index in [1.54, 1.807) is 24.7 Å². The van der Waals surface area contributed by atoms with E-state index in [4.69, 9.17) is 0 Å². The smallest absolute Gasteiger partial charge is 0.255 e. The second-order valence-corrected chi connectivity index (χ2v) is 5.28. The molecule has 6 heteroatoms. The fraction of sp³-hybridized carbons (Fsp3) is 0.467. The summed E-state index contributed by atoms with van der Waals surface area (Å²) in [7, 11) is 0. The highest BCUT2D eigenvalue weighted by molar-refractivity contribution is 5.95. The van der Waals surface area contributed by atoms with E-state index in [0.717, 1.165) is 18.7 Å². The van der Waals surface area contributed by atoms with Crippen LogP contribution in [-0.2, 0) is 19.5 Å². The van der Waals surface area contributed by atoms with E-state index < -0.39 is 0 Å². The van der Waals surface area contributed by atoms with Crippen LogP contribution in [0, 0.1) is 5.92 Å². The summed E-state index contributed by atoms with van der Waals surface area (Å²) in [6, 6.07) is 1.75. The summed E-state index contributed by atoms with van der Waals surface area (Å²) in [5.74, 6) is 0.955. The van der Waals surface area contributed by atoms with Crippen LogP contribution in [-0.4, -0.2) is 25.7 Å². The van der Waals surface area contributed by atoms with Crippen LogP contribution in [0.5, 0.6) is 0 Å². The van der Waals surface area contributed by atoms with E-state index in [0.29, 0.717) is 23.9 Å². The summed E-state index contributed by atoms with van der Waals surface area (Å²) in [5, 5.41) is 7.17. The molecule has 0 aliphatic heterocycles. The molecule has 2 rings (SSSR count). The van der Waals surface area contributed by atoms with Crippen molar-refractivity contribution in [3.63, 3.8) is 0 Å². The van der Waals surface area contributed by atoms with Crippen LogP contribution >= 0.6 is 0 Å². The summed E-state index contributed by atoms with van der Waals surface area (Å²) < 4.78 is 1.92. The van der Waals surface area contributed by atoms with Gasteiger partial charge in [0.15, 0.2) is 0 Å². The van der Waals surface area contributed by atoms with Gasteiger partial charge in [0, 0.05) is 18.9 Å². The number of carbonyl (C=O) groups is 1. The van der Waals surface area contributed by atoms with Crippen molar-refractivity contribution in [2.24, 2.45) is 5.92 Å². The van der Waals surface area contributed by atoms with Crippen LogP contribution in [0.1, 0.15) is 42.6 Å². The van der Waals surface area contributed by atoms with Crippen molar-refractivity contribution < 1.29 is 4.79 Å². The summed E-state index contributed by atoms with van der Waals surface area (Å²) in [6.45, 7) is 7.43. The molecule has 0 bridgehead atoms. The predicted octanol–water partition coefficient (Wildman–Crippen LogP) is 1.82. The number of carbonyl (C=O) groups excluding carboxylic acids is 1. The first kappa shape index (κ1) is 15.2. The fourth-order valence-corrected chi connectivity index (χ4v) is 2.15. The standard InChI is InChI=1S/C15H21N5O/c1-4-13-12(8-19-20(13)10-11(2)3)15(21)18-9-14-16-6-5-7-17-14/h5-8,11H,4,9-10H2,1-3H3,(H,18,21). The average molecular weight is 287 g/mol. The van der Waals surface area contributed by atoms with Gasteiger partial charge in [-0.1, -0.05) is 20.8 Å². The van der Waals surface area contributed by atoms with Crippen LogP contribution in [0.2, 0.25) is 0 Å². The lowest BCUT2D eigenvalue weighted by molar-refractivity contribution is 0.0948. The van der Waals surface area contributed by atoms with Gasteiger partial charge in [0.2, 0.25) is 0 Å². The molecule has 0 saturated carbocycles. The number of hydrogen-bond donors (Lipinski definition) is 1. The third-order valence-electron chi connectivity index (χ3n) is 3.09. The summed E-state index contributed by atoms with van der Waals surface area (Å²) in [6.07, 6.45) is 5.74. The van der Waals surface area contributed by atoms with Crippen molar-refractivity contribution in [1.82, 2.24) is 25.1 Å². The van der Waals surface area contributed by atoms with Crippen LogP contribution in [0.3, 0.4) is 0 Å². The van der Waals surface area contributed by atoms with Crippen LogP contribution < -0.4 is 5.32 Å². The maximum atomic E-state index is 12.3. The van der Waals surface area contributed by atoms with Crippen molar-refractivity contribution in [2.45, 2.75) is 40.3 Å². The molecule has 0 spiro atoms. The maximum Gasteiger partial charge on any atom is 0.255 e. The second kappa shape index (κ2) is 6.97. The van der Waals surface area contributed by atoms with Gasteiger partial charge in [-0.2, -0.15) is 5.10 Å². The molecule has 6 nitrogen and oxygen atoms in total. The molecule has 0 unspecified atom stereocenters. The van der Waals surface area contributed by atoms with Gasteiger partial charge in [-0.15, -0.1) is 0 Å². The van der Waals surface area contributed by atoms with Crippen molar-refractivity contribution in [3.05, 3.63) is 41.7 Å². The van der Waals surface area contributed by atoms with Gasteiger partial charge in [-0.05, 0) is 18.4 Å². The average Bonchev–Trinajstić information content (AvgIpc) is 2.87. The Bertz CT molecular complexity index is 591. The molecule has 2 aromatic rings. The molecule has 0 fully saturated rings. The van der Waals surface area contributed by atoms with Gasteiger partial charge in [-0.25, -0.2) is 9.97 Å². The Hall–Kier alpha value is -2.24. The molecule has 0 aliphatic rings. The SMILES string of the molecule is CCc1c(C(=O)NCc2ncccn2)cnn1CC(C)C. The normalized spacial score (nSPS) is 10.9. The third kappa shape index (κ3) is 3.87. The van der Waals surface area contributed by atoms with E-state index in [1.165, 1.54) is 0 Å². The molecule has 0 atom stereocenters. The zero-order valence-electron chi connectivity index (χ0n) is 12.7. The van der Waals surface area contributed by atoms with Crippen molar-refractivity contribution >= 4 is 5.91 Å². The van der Waals surface area contributed by atoms with Gasteiger partial charge in [0.1, 0.15) is 5.82 Å². The van der Waals surface area contributed by atoms with Crippen LogP contribution in [0.15, 0.2) is 24.7 Å². The second-order valence-electron chi connectivity index (χ2n) is 5.28. The number of hydrogen-bond acceptors (Lipinski definition) is 4. The molecular formula is C15H21N5O. The minimum Gasteiger partial charge on any atom is -0.345 e. The highest BCUT2D eigenvalue weighted by atomic mass is 16.1. The predicted molar refractivity (Wildman–Crippen MR) is 79.6 cm³/mol. The van der Waals surface area contributed by atoms with Crippen LogP contribution in [0.25, 0.3) is 0 Å². The lowest BCUT2D eigenvalue weighted by atomic mass is 10.1. The molecule has 2 heterocycles. The molecule has 112 valence electrons. The molecular weight excluding hydrogens is 266 g/mol. The van der Waals surface area contributed by atoms with E-state index >= 15 is 0 Å². The van der Waals surface area contributed by atoms with Gasteiger partial charge >= 0.3 is 0 Å². The highest BCUT2D eigenvalue weighted by Crippen LogP contribution is 2.12. The number of rotatable bonds is 6. The van der Waals surface area contributed by atoms with Gasteiger partial charge in [-0.3, -0.25) is 9.48 Å². The first-order valence-corrected chi connectivity index (χ1v) is 7.20. The summed E-state index contributed by atoms with van der Waals surface area (Å²) in [5.41, 5.74) is 1.60. The maximum absolute atomic E-state index is 12.3. The van der Waals surface area contributed by atoms with E-state index in [9.17, 15) is 4.79 Å². The summed E-state index contributed by atoms with van der Waals surface area (Å²) >= 11 is 0. The third-order valence-corrected chi connectivity index (χ3v) is 3.09. The molecule has 1 N–H and O–H groups in total. The largest absolute Gasteiger partial charge is 0.345 e. The molecule has 2 aromatic heterocycles. The monoisotopic (exact) mass is 287 g/mol. The Morgan fingerprint density at radius 1 is 1.33 bits per heavy atom. The zero-order valence-corrected chi connectivity index (χ0v) is 12.7. The zero-order chi connectivity index (χ0) is 15.2. The first-order valence-electron chi connectivity index (χ1n) is 7.20. The minimum absolute atomic E-state index is 0.130. The Balaban J connectivity index is 2.07. The lowest BCUT2D eigenvalue weighted by Gasteiger charge is -2.10. The minimum atomic E-state index is -0.130. The quantitative estimate of drug-likeness (QED) is 0.879. The highest BCUT2D eigenvalue weighted by Gasteiger charge is 2.16. The number of nitrogens with one attached hydrogen (secondary N) is 1. The Morgan fingerprint density at radius 3 is 2.67 bits per heavy atom. The molecule has 0 aliphatic carbocycles. The molecule has 21 heavy (non-hydrogen) atoms. The van der Waals surface area contributed by atoms with Gasteiger partial charge in [0.05, 0.1) is 24.0 Å². The Morgan fingerprint density at radius 2 is 2.05 bits per heavy atom. The van der Waals surface area contributed by atoms with E-state index in [2.05, 4.69) is 34.2 Å². The molecule has 0 radical (unpaired) electrons. The van der Waals surface area contributed by atoms with Crippen molar-refractivity contribution in [2.75, 3.05) is 0 Å². The number of aromatic nitrogens is 4. The van der Waals surface area contributed by atoms with E-state index in [-0.39, 0.29) is 5.91 Å². The Labute approximate surface area is 124 Å². The molecule has 0 aromatic carbocycles. The Kier molecular flexibility index (Phi) is 5.03. The van der Waals surface area contributed by atoms with Crippen molar-refractivity contribution in [1.29, 1.82) is 0 Å². The van der Waals surface area contributed by atoms with Crippen LogP contribution in [0.4, 0.5) is 0 Å². The topological polar surface area (TPSA) is 72.7 Å². The molecule has 1 amide bonds. The fourth-order valence-electron chi connectivity index (χ4n) is 2.15. The lowest BCUT2D eigenvalue weighted by Crippen LogP contribution is -2.25. The van der Waals surface area contributed by atoms with Crippen molar-refractivity contribution in [3.8, 4) is 0 Å². The number of nitrogens with zero attached hydrogens (tertiary/aromatic N) is 4.